The van der Waals surface area contributed by atoms with Gasteiger partial charge in [-0.25, -0.2) is 4.98 Å². The Morgan fingerprint density at radius 1 is 1.18 bits per heavy atom. The van der Waals surface area contributed by atoms with Crippen molar-refractivity contribution in [3.63, 3.8) is 0 Å². The highest BCUT2D eigenvalue weighted by Gasteiger charge is 2.11. The average Bonchev–Trinajstić information content (AvgIpc) is 3.22. The van der Waals surface area contributed by atoms with E-state index >= 15 is 0 Å². The normalized spacial score (nSPS) is 10.5. The quantitative estimate of drug-likeness (QED) is 0.531. The predicted molar refractivity (Wildman–Crippen MR) is 94.9 cm³/mol. The minimum absolute atomic E-state index is 0.105. The van der Waals surface area contributed by atoms with E-state index in [2.05, 4.69) is 22.4 Å². The summed E-state index contributed by atoms with van der Waals surface area (Å²) < 4.78 is 0. The topological polar surface area (TPSA) is 42.0 Å². The zero-order chi connectivity index (χ0) is 15.2. The van der Waals surface area contributed by atoms with Crippen molar-refractivity contribution in [1.82, 2.24) is 10.3 Å². The number of carbonyl (C=O) groups excluding carboxylic acids is 1. The molecule has 6 heteroatoms. The van der Waals surface area contributed by atoms with Crippen LogP contribution in [-0.4, -0.2) is 23.2 Å². The Morgan fingerprint density at radius 2 is 2.05 bits per heavy atom. The molecule has 0 aliphatic heterocycles. The van der Waals surface area contributed by atoms with Crippen molar-refractivity contribution in [2.45, 2.75) is 4.90 Å². The molecule has 2 aromatic heterocycles. The fraction of sp³-hybridized carbons (Fsp3) is 0.125. The molecule has 0 bridgehead atoms. The van der Waals surface area contributed by atoms with E-state index in [1.165, 1.54) is 16.2 Å². The third-order valence-corrected chi connectivity index (χ3v) is 5.49. The molecular formula is C16H14N2OS3. The maximum absolute atomic E-state index is 12.1. The SMILES string of the molecule is O=C(NCCSc1ccccc1)c1csc(-c2ccsc2)n1. The molecule has 0 radical (unpaired) electrons. The largest absolute Gasteiger partial charge is 0.350 e. The van der Waals surface area contributed by atoms with Crippen molar-refractivity contribution in [1.29, 1.82) is 0 Å². The molecule has 1 amide bonds. The number of carbonyl (C=O) groups is 1. The van der Waals surface area contributed by atoms with Crippen molar-refractivity contribution in [3.8, 4) is 10.6 Å². The number of hydrogen-bond donors (Lipinski definition) is 1. The van der Waals surface area contributed by atoms with Gasteiger partial charge in [0, 0.05) is 33.5 Å². The van der Waals surface area contributed by atoms with Gasteiger partial charge in [0.1, 0.15) is 10.7 Å². The summed E-state index contributed by atoms with van der Waals surface area (Å²) in [6.07, 6.45) is 0. The second kappa shape index (κ2) is 7.58. The van der Waals surface area contributed by atoms with E-state index in [1.54, 1.807) is 23.1 Å². The average molecular weight is 347 g/mol. The molecule has 3 aromatic rings. The Labute approximate surface area is 141 Å². The number of thioether (sulfide) groups is 1. The number of amides is 1. The van der Waals surface area contributed by atoms with Gasteiger partial charge in [-0.05, 0) is 23.6 Å². The highest BCUT2D eigenvalue weighted by Crippen LogP contribution is 2.25. The molecule has 0 saturated carbocycles. The van der Waals surface area contributed by atoms with E-state index in [9.17, 15) is 4.79 Å². The summed E-state index contributed by atoms with van der Waals surface area (Å²) in [5.74, 6) is 0.739. The van der Waals surface area contributed by atoms with Gasteiger partial charge in [0.2, 0.25) is 0 Å². The lowest BCUT2D eigenvalue weighted by atomic mass is 10.3. The monoisotopic (exact) mass is 346 g/mol. The number of thiazole rings is 1. The molecule has 1 N–H and O–H groups in total. The maximum atomic E-state index is 12.1. The van der Waals surface area contributed by atoms with Crippen LogP contribution in [-0.2, 0) is 0 Å². The Bertz CT molecular complexity index is 723. The van der Waals surface area contributed by atoms with Gasteiger partial charge in [-0.2, -0.15) is 11.3 Å². The van der Waals surface area contributed by atoms with Crippen LogP contribution in [0.25, 0.3) is 10.6 Å². The zero-order valence-electron chi connectivity index (χ0n) is 11.7. The van der Waals surface area contributed by atoms with E-state index < -0.39 is 0 Å². The maximum Gasteiger partial charge on any atom is 0.270 e. The van der Waals surface area contributed by atoms with E-state index in [1.807, 2.05) is 40.4 Å². The van der Waals surface area contributed by atoms with Crippen molar-refractivity contribution < 1.29 is 4.79 Å². The second-order valence-corrected chi connectivity index (χ2v) is 7.27. The minimum Gasteiger partial charge on any atom is -0.350 e. The fourth-order valence-electron chi connectivity index (χ4n) is 1.84. The molecule has 0 atom stereocenters. The summed E-state index contributed by atoms with van der Waals surface area (Å²) in [4.78, 5) is 17.7. The third kappa shape index (κ3) is 3.97. The van der Waals surface area contributed by atoms with Crippen LogP contribution in [0.2, 0.25) is 0 Å². The molecule has 22 heavy (non-hydrogen) atoms. The summed E-state index contributed by atoms with van der Waals surface area (Å²) in [7, 11) is 0. The summed E-state index contributed by atoms with van der Waals surface area (Å²) in [6, 6.07) is 12.2. The molecule has 0 unspecified atom stereocenters. The number of rotatable bonds is 6. The van der Waals surface area contributed by atoms with Crippen LogP contribution in [0, 0.1) is 0 Å². The van der Waals surface area contributed by atoms with Gasteiger partial charge in [-0.15, -0.1) is 23.1 Å². The van der Waals surface area contributed by atoms with Crippen LogP contribution < -0.4 is 5.32 Å². The first-order valence-electron chi connectivity index (χ1n) is 6.77. The van der Waals surface area contributed by atoms with E-state index in [0.29, 0.717) is 12.2 Å². The van der Waals surface area contributed by atoms with Crippen molar-refractivity contribution >= 4 is 40.3 Å². The van der Waals surface area contributed by atoms with Crippen LogP contribution in [0.15, 0.2) is 57.4 Å². The Hall–Kier alpha value is -1.63. The molecule has 0 aliphatic carbocycles. The van der Waals surface area contributed by atoms with Gasteiger partial charge in [-0.1, -0.05) is 18.2 Å². The molecule has 3 nitrogen and oxygen atoms in total. The van der Waals surface area contributed by atoms with Crippen molar-refractivity contribution in [3.05, 3.63) is 58.2 Å². The Kier molecular flexibility index (Phi) is 5.26. The molecule has 112 valence electrons. The number of nitrogens with one attached hydrogen (secondary N) is 1. The Balaban J connectivity index is 1.48. The number of benzene rings is 1. The number of aromatic nitrogens is 1. The first-order valence-corrected chi connectivity index (χ1v) is 9.58. The lowest BCUT2D eigenvalue weighted by molar-refractivity contribution is 0.0952. The van der Waals surface area contributed by atoms with Gasteiger partial charge >= 0.3 is 0 Å². The molecule has 0 spiro atoms. The summed E-state index contributed by atoms with van der Waals surface area (Å²) in [6.45, 7) is 0.629. The fourth-order valence-corrected chi connectivity index (χ4v) is 4.14. The first kappa shape index (κ1) is 15.3. The minimum atomic E-state index is -0.105. The molecule has 1 aromatic carbocycles. The summed E-state index contributed by atoms with van der Waals surface area (Å²) in [5.41, 5.74) is 1.57. The molecule has 3 rings (SSSR count). The van der Waals surface area contributed by atoms with Crippen molar-refractivity contribution in [2.75, 3.05) is 12.3 Å². The highest BCUT2D eigenvalue weighted by atomic mass is 32.2. The summed E-state index contributed by atoms with van der Waals surface area (Å²) >= 11 is 4.86. The number of nitrogens with zero attached hydrogens (tertiary/aromatic N) is 1. The predicted octanol–water partition coefficient (Wildman–Crippen LogP) is 4.39. The smallest absolute Gasteiger partial charge is 0.270 e. The van der Waals surface area contributed by atoms with E-state index in [0.717, 1.165) is 16.3 Å². The van der Waals surface area contributed by atoms with Gasteiger partial charge in [0.05, 0.1) is 0 Å². The van der Waals surface area contributed by atoms with Gasteiger partial charge < -0.3 is 5.32 Å². The molecule has 0 aliphatic rings. The lowest BCUT2D eigenvalue weighted by Gasteiger charge is -2.03. The van der Waals surface area contributed by atoms with Gasteiger partial charge in [0.15, 0.2) is 0 Å². The zero-order valence-corrected chi connectivity index (χ0v) is 14.1. The van der Waals surface area contributed by atoms with Crippen LogP contribution in [0.4, 0.5) is 0 Å². The molecular weight excluding hydrogens is 332 g/mol. The van der Waals surface area contributed by atoms with Gasteiger partial charge in [-0.3, -0.25) is 4.79 Å². The third-order valence-electron chi connectivity index (χ3n) is 2.90. The summed E-state index contributed by atoms with van der Waals surface area (Å²) in [5, 5.41) is 9.67. The number of hydrogen-bond acceptors (Lipinski definition) is 5. The number of thiophene rings is 1. The lowest BCUT2D eigenvalue weighted by Crippen LogP contribution is -2.25. The Morgan fingerprint density at radius 3 is 2.82 bits per heavy atom. The van der Waals surface area contributed by atoms with Crippen LogP contribution in [0.5, 0.6) is 0 Å². The van der Waals surface area contributed by atoms with Crippen LogP contribution >= 0.6 is 34.4 Å². The first-order chi connectivity index (χ1) is 10.8. The molecule has 2 heterocycles. The highest BCUT2D eigenvalue weighted by molar-refractivity contribution is 7.99. The molecule has 0 saturated heterocycles. The van der Waals surface area contributed by atoms with Crippen LogP contribution in [0.3, 0.4) is 0 Å². The van der Waals surface area contributed by atoms with Crippen LogP contribution in [0.1, 0.15) is 10.5 Å². The van der Waals surface area contributed by atoms with Gasteiger partial charge in [0.25, 0.3) is 5.91 Å². The molecule has 0 fully saturated rings. The standard InChI is InChI=1S/C16H14N2OS3/c19-15(17-7-9-21-13-4-2-1-3-5-13)14-11-22-16(18-14)12-6-8-20-10-12/h1-6,8,10-11H,7,9H2,(H,17,19). The van der Waals surface area contributed by atoms with E-state index in [4.69, 9.17) is 0 Å². The second-order valence-electron chi connectivity index (χ2n) is 4.47. The van der Waals surface area contributed by atoms with E-state index in [-0.39, 0.29) is 5.91 Å². The van der Waals surface area contributed by atoms with Crippen molar-refractivity contribution in [2.24, 2.45) is 0 Å².